The minimum Gasteiger partial charge on any atom is -0.497 e. The Hall–Kier alpha value is -2.33. The lowest BCUT2D eigenvalue weighted by molar-refractivity contribution is -0.117. The number of benzene rings is 2. The highest BCUT2D eigenvalue weighted by molar-refractivity contribution is 5.93. The van der Waals surface area contributed by atoms with Crippen LogP contribution in [0.5, 0.6) is 5.75 Å². The molecule has 4 nitrogen and oxygen atoms in total. The van der Waals surface area contributed by atoms with Crippen LogP contribution in [0.4, 0.5) is 5.69 Å². The molecule has 2 aromatic rings. The summed E-state index contributed by atoms with van der Waals surface area (Å²) in [5.41, 5.74) is 4.36. The molecule has 1 unspecified atom stereocenters. The van der Waals surface area contributed by atoms with Gasteiger partial charge in [-0.3, -0.25) is 9.69 Å². The second-order valence-electron chi connectivity index (χ2n) is 6.77. The van der Waals surface area contributed by atoms with Crippen LogP contribution in [0.2, 0.25) is 0 Å². The summed E-state index contributed by atoms with van der Waals surface area (Å²) in [5.74, 6) is 0.910. The van der Waals surface area contributed by atoms with Gasteiger partial charge in [0.25, 0.3) is 0 Å². The van der Waals surface area contributed by atoms with Crippen LogP contribution in [0, 0.1) is 13.8 Å². The van der Waals surface area contributed by atoms with Crippen molar-refractivity contribution in [2.45, 2.75) is 32.7 Å². The molecule has 1 amide bonds. The average Bonchev–Trinajstić information content (AvgIpc) is 3.06. The van der Waals surface area contributed by atoms with Crippen LogP contribution < -0.4 is 10.1 Å². The largest absolute Gasteiger partial charge is 0.497 e. The quantitative estimate of drug-likeness (QED) is 0.893. The van der Waals surface area contributed by atoms with E-state index in [9.17, 15) is 4.79 Å². The molecule has 1 saturated heterocycles. The van der Waals surface area contributed by atoms with Gasteiger partial charge in [0.2, 0.25) is 5.91 Å². The zero-order chi connectivity index (χ0) is 17.8. The van der Waals surface area contributed by atoms with Gasteiger partial charge in [-0.25, -0.2) is 0 Å². The predicted octanol–water partition coefficient (Wildman–Crippen LogP) is 4.09. The van der Waals surface area contributed by atoms with Gasteiger partial charge in [0.1, 0.15) is 5.75 Å². The number of nitrogens with zero attached hydrogens (tertiary/aromatic N) is 1. The van der Waals surface area contributed by atoms with Crippen molar-refractivity contribution in [1.29, 1.82) is 0 Å². The first-order chi connectivity index (χ1) is 12.1. The molecule has 1 aliphatic rings. The number of carbonyl (C=O) groups is 1. The van der Waals surface area contributed by atoms with E-state index >= 15 is 0 Å². The van der Waals surface area contributed by atoms with E-state index in [-0.39, 0.29) is 11.9 Å². The Bertz CT molecular complexity index is 757. The number of rotatable bonds is 5. The Balaban J connectivity index is 1.68. The fourth-order valence-electron chi connectivity index (χ4n) is 3.49. The lowest BCUT2D eigenvalue weighted by atomic mass is 10.0. The molecule has 0 bridgehead atoms. The molecule has 132 valence electrons. The summed E-state index contributed by atoms with van der Waals surface area (Å²) in [6.45, 7) is 5.41. The molecule has 3 rings (SSSR count). The topological polar surface area (TPSA) is 41.6 Å². The van der Waals surface area contributed by atoms with Gasteiger partial charge in [-0.15, -0.1) is 0 Å². The predicted molar refractivity (Wildman–Crippen MR) is 101 cm³/mol. The van der Waals surface area contributed by atoms with Gasteiger partial charge < -0.3 is 10.1 Å². The molecule has 1 heterocycles. The Labute approximate surface area is 149 Å². The molecular weight excluding hydrogens is 312 g/mol. The van der Waals surface area contributed by atoms with E-state index in [4.69, 9.17) is 4.74 Å². The van der Waals surface area contributed by atoms with E-state index in [0.29, 0.717) is 6.54 Å². The molecule has 1 aliphatic heterocycles. The number of ether oxygens (including phenoxy) is 1. The summed E-state index contributed by atoms with van der Waals surface area (Å²) in [7, 11) is 1.68. The Morgan fingerprint density at radius 1 is 1.24 bits per heavy atom. The number of hydrogen-bond donors (Lipinski definition) is 1. The van der Waals surface area contributed by atoms with Crippen LogP contribution in [-0.4, -0.2) is 31.0 Å². The average molecular weight is 338 g/mol. The standard InChI is InChI=1S/C21H26N2O2/c1-15-9-10-16(2)19(12-15)22-21(24)14-23-11-5-8-20(23)17-6-4-7-18(13-17)25-3/h4,6-7,9-10,12-13,20H,5,8,11,14H2,1-3H3,(H,22,24). The maximum atomic E-state index is 12.6. The number of anilines is 1. The normalized spacial score (nSPS) is 17.5. The van der Waals surface area contributed by atoms with Crippen molar-refractivity contribution in [2.75, 3.05) is 25.5 Å². The van der Waals surface area contributed by atoms with Crippen LogP contribution >= 0.6 is 0 Å². The van der Waals surface area contributed by atoms with Crippen LogP contribution in [-0.2, 0) is 4.79 Å². The first-order valence-corrected chi connectivity index (χ1v) is 8.82. The number of likely N-dealkylation sites (tertiary alicyclic amines) is 1. The minimum absolute atomic E-state index is 0.0449. The Kier molecular flexibility index (Phi) is 5.39. The molecule has 0 spiro atoms. The van der Waals surface area contributed by atoms with Gasteiger partial charge in [-0.1, -0.05) is 24.3 Å². The van der Waals surface area contributed by atoms with Crippen LogP contribution in [0.1, 0.15) is 35.6 Å². The maximum Gasteiger partial charge on any atom is 0.238 e. The highest BCUT2D eigenvalue weighted by atomic mass is 16.5. The summed E-state index contributed by atoms with van der Waals surface area (Å²) in [6, 6.07) is 14.6. The van der Waals surface area contributed by atoms with E-state index in [1.807, 2.05) is 38.1 Å². The number of aryl methyl sites for hydroxylation is 2. The van der Waals surface area contributed by atoms with Crippen LogP contribution in [0.25, 0.3) is 0 Å². The third kappa shape index (κ3) is 4.20. The molecular formula is C21H26N2O2. The van der Waals surface area contributed by atoms with Gasteiger partial charge in [0, 0.05) is 11.7 Å². The van der Waals surface area contributed by atoms with E-state index in [2.05, 4.69) is 28.4 Å². The first-order valence-electron chi connectivity index (χ1n) is 8.82. The monoisotopic (exact) mass is 338 g/mol. The second-order valence-corrected chi connectivity index (χ2v) is 6.77. The molecule has 2 aromatic carbocycles. The number of nitrogens with one attached hydrogen (secondary N) is 1. The zero-order valence-corrected chi connectivity index (χ0v) is 15.2. The third-order valence-corrected chi connectivity index (χ3v) is 4.86. The summed E-state index contributed by atoms with van der Waals surface area (Å²) < 4.78 is 5.34. The van der Waals surface area contributed by atoms with Gasteiger partial charge in [0.05, 0.1) is 13.7 Å². The minimum atomic E-state index is 0.0449. The van der Waals surface area contributed by atoms with Crippen molar-refractivity contribution < 1.29 is 9.53 Å². The van der Waals surface area contributed by atoms with Crippen molar-refractivity contribution in [3.8, 4) is 5.75 Å². The number of hydrogen-bond acceptors (Lipinski definition) is 3. The van der Waals surface area contributed by atoms with Crippen molar-refractivity contribution in [3.05, 3.63) is 59.2 Å². The third-order valence-electron chi connectivity index (χ3n) is 4.86. The smallest absolute Gasteiger partial charge is 0.238 e. The lowest BCUT2D eigenvalue weighted by Crippen LogP contribution is -2.33. The van der Waals surface area contributed by atoms with E-state index in [1.165, 1.54) is 5.56 Å². The van der Waals surface area contributed by atoms with Crippen molar-refractivity contribution in [2.24, 2.45) is 0 Å². The molecule has 4 heteroatoms. The van der Waals surface area contributed by atoms with Crippen molar-refractivity contribution in [3.63, 3.8) is 0 Å². The Morgan fingerprint density at radius 3 is 2.88 bits per heavy atom. The van der Waals surface area contributed by atoms with Gasteiger partial charge in [0.15, 0.2) is 0 Å². The highest BCUT2D eigenvalue weighted by Gasteiger charge is 2.27. The summed E-state index contributed by atoms with van der Waals surface area (Å²) >= 11 is 0. The molecule has 1 atom stereocenters. The van der Waals surface area contributed by atoms with Crippen LogP contribution in [0.15, 0.2) is 42.5 Å². The lowest BCUT2D eigenvalue weighted by Gasteiger charge is -2.24. The van der Waals surface area contributed by atoms with E-state index < -0.39 is 0 Å². The number of carbonyl (C=O) groups excluding carboxylic acids is 1. The molecule has 1 fully saturated rings. The molecule has 0 aromatic heterocycles. The van der Waals surface area contributed by atoms with Crippen molar-refractivity contribution >= 4 is 11.6 Å². The van der Waals surface area contributed by atoms with Crippen molar-refractivity contribution in [1.82, 2.24) is 4.90 Å². The molecule has 0 saturated carbocycles. The fraction of sp³-hybridized carbons (Fsp3) is 0.381. The van der Waals surface area contributed by atoms with E-state index in [1.54, 1.807) is 7.11 Å². The molecule has 0 radical (unpaired) electrons. The molecule has 25 heavy (non-hydrogen) atoms. The second kappa shape index (κ2) is 7.70. The summed E-state index contributed by atoms with van der Waals surface area (Å²) in [5, 5.41) is 3.07. The SMILES string of the molecule is COc1cccc(C2CCCN2CC(=O)Nc2cc(C)ccc2C)c1. The molecule has 1 N–H and O–H groups in total. The van der Waals surface area contributed by atoms with Gasteiger partial charge in [-0.2, -0.15) is 0 Å². The molecule has 0 aliphatic carbocycles. The first kappa shape index (κ1) is 17.5. The fourth-order valence-corrected chi connectivity index (χ4v) is 3.49. The summed E-state index contributed by atoms with van der Waals surface area (Å²) in [4.78, 5) is 14.8. The number of amides is 1. The van der Waals surface area contributed by atoms with Crippen LogP contribution in [0.3, 0.4) is 0 Å². The van der Waals surface area contributed by atoms with E-state index in [0.717, 1.165) is 42.0 Å². The highest BCUT2D eigenvalue weighted by Crippen LogP contribution is 2.33. The van der Waals surface area contributed by atoms with Gasteiger partial charge in [-0.05, 0) is 68.1 Å². The van der Waals surface area contributed by atoms with Gasteiger partial charge >= 0.3 is 0 Å². The number of methoxy groups -OCH3 is 1. The summed E-state index contributed by atoms with van der Waals surface area (Å²) in [6.07, 6.45) is 2.18. The Morgan fingerprint density at radius 2 is 2.08 bits per heavy atom. The maximum absolute atomic E-state index is 12.6. The zero-order valence-electron chi connectivity index (χ0n) is 15.2.